The summed E-state index contributed by atoms with van der Waals surface area (Å²) in [6, 6.07) is 7.46. The van der Waals surface area contributed by atoms with Gasteiger partial charge in [-0.2, -0.15) is 5.26 Å². The van der Waals surface area contributed by atoms with Crippen LogP contribution in [0.5, 0.6) is 0 Å². The number of amides is 1. The first-order valence-electron chi connectivity index (χ1n) is 6.09. The molecule has 0 aromatic heterocycles. The normalized spacial score (nSPS) is 19.3. The second-order valence-electron chi connectivity index (χ2n) is 5.22. The van der Waals surface area contributed by atoms with Crippen LogP contribution in [0.1, 0.15) is 29.6 Å². The lowest BCUT2D eigenvalue weighted by Crippen LogP contribution is -2.35. The average molecular weight is 319 g/mol. The van der Waals surface area contributed by atoms with Gasteiger partial charge >= 0.3 is 0 Å². The maximum absolute atomic E-state index is 12.1. The standard InChI is InChI=1S/C14H11BrN2O2/c15-9-1-2-11-10(7-9)12(18)13(19)17(11)8-14(3-4-14)5-6-16/h1-2,7H,3-5,8H2. The molecular weight excluding hydrogens is 308 g/mol. The molecule has 1 amide bonds. The van der Waals surface area contributed by atoms with E-state index in [0.717, 1.165) is 17.3 Å². The van der Waals surface area contributed by atoms with Gasteiger partial charge in [0.2, 0.25) is 0 Å². The lowest BCUT2D eigenvalue weighted by atomic mass is 10.0. The molecular formula is C14H11BrN2O2. The van der Waals surface area contributed by atoms with Crippen LogP contribution < -0.4 is 4.90 Å². The number of ketones is 1. The minimum atomic E-state index is -0.475. The van der Waals surface area contributed by atoms with Gasteiger partial charge in [0.1, 0.15) is 0 Å². The van der Waals surface area contributed by atoms with E-state index in [2.05, 4.69) is 22.0 Å². The van der Waals surface area contributed by atoms with Crippen molar-refractivity contribution < 1.29 is 9.59 Å². The molecule has 1 fully saturated rings. The molecule has 0 bridgehead atoms. The molecule has 1 aliphatic heterocycles. The number of hydrogen-bond acceptors (Lipinski definition) is 3. The number of nitriles is 1. The third kappa shape index (κ3) is 1.96. The summed E-state index contributed by atoms with van der Waals surface area (Å²) in [5.74, 6) is -0.929. The van der Waals surface area contributed by atoms with Gasteiger partial charge in [0.05, 0.1) is 17.3 Å². The van der Waals surface area contributed by atoms with Crippen LogP contribution in [-0.4, -0.2) is 18.2 Å². The molecule has 2 aliphatic rings. The summed E-state index contributed by atoms with van der Waals surface area (Å²) in [6.45, 7) is 0.472. The van der Waals surface area contributed by atoms with Gasteiger partial charge in [0, 0.05) is 22.9 Å². The molecule has 0 saturated heterocycles. The number of carbonyl (C=O) groups is 2. The third-order valence-electron chi connectivity index (χ3n) is 3.84. The number of rotatable bonds is 3. The quantitative estimate of drug-likeness (QED) is 0.805. The van der Waals surface area contributed by atoms with E-state index in [1.165, 1.54) is 4.90 Å². The Bertz CT molecular complexity index is 629. The zero-order valence-corrected chi connectivity index (χ0v) is 11.7. The number of benzene rings is 1. The molecule has 0 unspecified atom stereocenters. The largest absolute Gasteiger partial charge is 0.304 e. The Balaban J connectivity index is 1.94. The fraction of sp³-hybridized carbons (Fsp3) is 0.357. The summed E-state index contributed by atoms with van der Waals surface area (Å²) in [7, 11) is 0. The van der Waals surface area contributed by atoms with Crippen LogP contribution in [0, 0.1) is 16.7 Å². The molecule has 5 heteroatoms. The Morgan fingerprint density at radius 2 is 2.11 bits per heavy atom. The summed E-state index contributed by atoms with van der Waals surface area (Å²) in [5, 5.41) is 8.84. The maximum atomic E-state index is 12.1. The van der Waals surface area contributed by atoms with Crippen molar-refractivity contribution in [2.45, 2.75) is 19.3 Å². The molecule has 0 spiro atoms. The minimum Gasteiger partial charge on any atom is -0.304 e. The molecule has 0 N–H and O–H groups in total. The number of carbonyl (C=O) groups excluding carboxylic acids is 2. The molecule has 0 atom stereocenters. The van der Waals surface area contributed by atoms with Crippen LogP contribution in [0.4, 0.5) is 5.69 Å². The van der Waals surface area contributed by atoms with E-state index < -0.39 is 11.7 Å². The number of halogens is 1. The number of nitrogens with zero attached hydrogens (tertiary/aromatic N) is 2. The SMILES string of the molecule is N#CCC1(CN2C(=O)C(=O)c3cc(Br)ccc32)CC1. The van der Waals surface area contributed by atoms with Crippen molar-refractivity contribution in [3.05, 3.63) is 28.2 Å². The first-order valence-corrected chi connectivity index (χ1v) is 6.88. The van der Waals surface area contributed by atoms with Crippen LogP contribution in [0.15, 0.2) is 22.7 Å². The van der Waals surface area contributed by atoms with E-state index in [-0.39, 0.29) is 5.41 Å². The van der Waals surface area contributed by atoms with Crippen LogP contribution in [0.2, 0.25) is 0 Å². The van der Waals surface area contributed by atoms with E-state index in [1.54, 1.807) is 12.1 Å². The van der Waals surface area contributed by atoms with Crippen molar-refractivity contribution >= 4 is 33.3 Å². The first kappa shape index (κ1) is 12.4. The van der Waals surface area contributed by atoms with Gasteiger partial charge in [-0.1, -0.05) is 15.9 Å². The van der Waals surface area contributed by atoms with Crippen molar-refractivity contribution in [1.82, 2.24) is 0 Å². The minimum absolute atomic E-state index is 0.0978. The highest BCUT2D eigenvalue weighted by molar-refractivity contribution is 9.10. The van der Waals surface area contributed by atoms with Gasteiger partial charge < -0.3 is 4.90 Å². The molecule has 0 radical (unpaired) electrons. The fourth-order valence-electron chi connectivity index (χ4n) is 2.50. The van der Waals surface area contributed by atoms with Gasteiger partial charge in [0.15, 0.2) is 0 Å². The van der Waals surface area contributed by atoms with Gasteiger partial charge in [-0.05, 0) is 31.0 Å². The molecule has 1 heterocycles. The number of anilines is 1. The first-order chi connectivity index (χ1) is 9.06. The number of Topliss-reactive ketones (excluding diaryl/α,β-unsaturated/α-hetero) is 1. The Kier molecular flexibility index (Phi) is 2.72. The summed E-state index contributed by atoms with van der Waals surface area (Å²) >= 11 is 3.31. The Morgan fingerprint density at radius 1 is 1.37 bits per heavy atom. The van der Waals surface area contributed by atoms with Gasteiger partial charge in [0.25, 0.3) is 11.7 Å². The monoisotopic (exact) mass is 318 g/mol. The molecule has 4 nitrogen and oxygen atoms in total. The predicted octanol–water partition coefficient (Wildman–Crippen LogP) is 2.67. The van der Waals surface area contributed by atoms with Gasteiger partial charge in [-0.3, -0.25) is 9.59 Å². The molecule has 3 rings (SSSR count). The van der Waals surface area contributed by atoms with Crippen molar-refractivity contribution in [2.24, 2.45) is 5.41 Å². The summed E-state index contributed by atoms with van der Waals surface area (Å²) in [4.78, 5) is 25.5. The Labute approximate surface area is 119 Å². The zero-order chi connectivity index (χ0) is 13.6. The van der Waals surface area contributed by atoms with Crippen LogP contribution in [-0.2, 0) is 4.79 Å². The van der Waals surface area contributed by atoms with Crippen LogP contribution in [0.25, 0.3) is 0 Å². The van der Waals surface area contributed by atoms with Gasteiger partial charge in [-0.25, -0.2) is 0 Å². The lowest BCUT2D eigenvalue weighted by molar-refractivity contribution is -0.114. The van der Waals surface area contributed by atoms with Crippen molar-refractivity contribution in [2.75, 3.05) is 11.4 Å². The highest BCUT2D eigenvalue weighted by Gasteiger charge is 2.48. The summed E-state index contributed by atoms with van der Waals surface area (Å²) < 4.78 is 0.785. The smallest absolute Gasteiger partial charge is 0.299 e. The molecule has 19 heavy (non-hydrogen) atoms. The fourth-order valence-corrected chi connectivity index (χ4v) is 2.86. The highest BCUT2D eigenvalue weighted by atomic mass is 79.9. The van der Waals surface area contributed by atoms with E-state index >= 15 is 0 Å². The lowest BCUT2D eigenvalue weighted by Gasteiger charge is -2.21. The second-order valence-corrected chi connectivity index (χ2v) is 6.13. The van der Waals surface area contributed by atoms with Crippen LogP contribution in [0.3, 0.4) is 0 Å². The average Bonchev–Trinajstić information content (AvgIpc) is 3.10. The van der Waals surface area contributed by atoms with Crippen molar-refractivity contribution in [3.63, 3.8) is 0 Å². The molecule has 1 saturated carbocycles. The number of fused-ring (bicyclic) bond motifs is 1. The second kappa shape index (κ2) is 4.17. The molecule has 1 aromatic carbocycles. The molecule has 96 valence electrons. The third-order valence-corrected chi connectivity index (χ3v) is 4.33. The number of hydrogen-bond donors (Lipinski definition) is 0. The van der Waals surface area contributed by atoms with Crippen molar-refractivity contribution in [3.8, 4) is 6.07 Å². The summed E-state index contributed by atoms with van der Waals surface area (Å²) in [5.41, 5.74) is 1.02. The highest BCUT2D eigenvalue weighted by Crippen LogP contribution is 2.50. The molecule has 1 aromatic rings. The Hall–Kier alpha value is -1.67. The Morgan fingerprint density at radius 3 is 2.74 bits per heavy atom. The van der Waals surface area contributed by atoms with Crippen LogP contribution >= 0.6 is 15.9 Å². The zero-order valence-electron chi connectivity index (χ0n) is 10.1. The predicted molar refractivity (Wildman–Crippen MR) is 72.7 cm³/mol. The summed E-state index contributed by atoms with van der Waals surface area (Å²) in [6.07, 6.45) is 2.34. The van der Waals surface area contributed by atoms with Crippen molar-refractivity contribution in [1.29, 1.82) is 5.26 Å². The topological polar surface area (TPSA) is 61.2 Å². The maximum Gasteiger partial charge on any atom is 0.299 e. The van der Waals surface area contributed by atoms with Gasteiger partial charge in [-0.15, -0.1) is 0 Å². The van der Waals surface area contributed by atoms with E-state index in [1.807, 2.05) is 6.07 Å². The molecule has 1 aliphatic carbocycles. The van der Waals surface area contributed by atoms with E-state index in [4.69, 9.17) is 5.26 Å². The van der Waals surface area contributed by atoms with E-state index in [0.29, 0.717) is 24.2 Å². The van der Waals surface area contributed by atoms with E-state index in [9.17, 15) is 9.59 Å².